The Bertz CT molecular complexity index is 423. The summed E-state index contributed by atoms with van der Waals surface area (Å²) >= 11 is 0. The van der Waals surface area contributed by atoms with Gasteiger partial charge in [-0.2, -0.15) is 0 Å². The lowest BCUT2D eigenvalue weighted by Gasteiger charge is -2.21. The molecule has 1 aliphatic carbocycles. The minimum absolute atomic E-state index is 0.0292. The summed E-state index contributed by atoms with van der Waals surface area (Å²) < 4.78 is 0. The largest absolute Gasteiger partial charge is 0.350 e. The van der Waals surface area contributed by atoms with Crippen LogP contribution in [0.2, 0.25) is 0 Å². The van der Waals surface area contributed by atoms with Gasteiger partial charge < -0.3 is 5.32 Å². The number of carbonyl (C=O) groups excluding carboxylic acids is 1. The Balaban J connectivity index is 1.96. The molecule has 0 saturated heterocycles. The van der Waals surface area contributed by atoms with Crippen LogP contribution in [0, 0.1) is 5.92 Å². The highest BCUT2D eigenvalue weighted by molar-refractivity contribution is 5.77. The predicted octanol–water partition coefficient (Wildman–Crippen LogP) is 3.40. The number of nitrogens with one attached hydrogen (secondary N) is 1. The molecule has 104 valence electrons. The first-order valence-electron chi connectivity index (χ1n) is 7.40. The number of nitrogens with zero attached hydrogens (tertiary/aromatic N) is 1. The summed E-state index contributed by atoms with van der Waals surface area (Å²) in [6, 6.07) is 6.19. The number of carbonyl (C=O) groups is 1. The van der Waals surface area contributed by atoms with E-state index in [4.69, 9.17) is 4.98 Å². The van der Waals surface area contributed by atoms with Crippen molar-refractivity contribution in [1.82, 2.24) is 10.3 Å². The Kier molecular flexibility index (Phi) is 4.94. The molecule has 0 atom stereocenters. The molecule has 1 amide bonds. The Morgan fingerprint density at radius 2 is 2.05 bits per heavy atom. The molecule has 0 unspecified atom stereocenters. The minimum atomic E-state index is 0.0292. The average Bonchev–Trinajstić information content (AvgIpc) is 2.46. The molecule has 0 aliphatic heterocycles. The van der Waals surface area contributed by atoms with E-state index in [1.807, 2.05) is 19.9 Å². The van der Waals surface area contributed by atoms with Gasteiger partial charge in [-0.25, -0.2) is 0 Å². The van der Waals surface area contributed by atoms with Crippen LogP contribution >= 0.6 is 0 Å². The molecular formula is C16H24N2O. The van der Waals surface area contributed by atoms with E-state index < -0.39 is 0 Å². The second-order valence-electron chi connectivity index (χ2n) is 5.76. The Hall–Kier alpha value is -1.38. The number of rotatable bonds is 4. The zero-order chi connectivity index (χ0) is 13.7. The van der Waals surface area contributed by atoms with Crippen LogP contribution in [-0.2, 0) is 11.3 Å². The van der Waals surface area contributed by atoms with Gasteiger partial charge >= 0.3 is 0 Å². The molecule has 0 radical (unpaired) electrons. The highest BCUT2D eigenvalue weighted by atomic mass is 16.1. The van der Waals surface area contributed by atoms with E-state index in [0.717, 1.165) is 5.69 Å². The highest BCUT2D eigenvalue weighted by Gasteiger charge is 2.17. The topological polar surface area (TPSA) is 42.0 Å². The molecular weight excluding hydrogens is 236 g/mol. The zero-order valence-corrected chi connectivity index (χ0v) is 12.0. The van der Waals surface area contributed by atoms with E-state index in [1.54, 1.807) is 0 Å². The molecule has 1 aromatic heterocycles. The zero-order valence-electron chi connectivity index (χ0n) is 12.0. The summed E-state index contributed by atoms with van der Waals surface area (Å²) in [7, 11) is 0. The van der Waals surface area contributed by atoms with Crippen LogP contribution in [0.3, 0.4) is 0 Å². The fourth-order valence-corrected chi connectivity index (χ4v) is 2.60. The van der Waals surface area contributed by atoms with Crippen molar-refractivity contribution in [3.63, 3.8) is 0 Å². The fourth-order valence-electron chi connectivity index (χ4n) is 2.60. The third-order valence-electron chi connectivity index (χ3n) is 3.82. The van der Waals surface area contributed by atoms with Crippen molar-refractivity contribution in [2.45, 2.75) is 58.4 Å². The Morgan fingerprint density at radius 3 is 2.74 bits per heavy atom. The molecule has 1 N–H and O–H groups in total. The van der Waals surface area contributed by atoms with Gasteiger partial charge in [0.15, 0.2) is 0 Å². The molecule has 1 fully saturated rings. The van der Waals surface area contributed by atoms with Gasteiger partial charge in [-0.05, 0) is 25.0 Å². The standard InChI is InChI=1S/C16H24N2O/c1-12(2)16(19)17-11-14-9-6-10-15(18-14)13-7-4-3-5-8-13/h6,9-10,12-13H,3-5,7-8,11H2,1-2H3,(H,17,19). The van der Waals surface area contributed by atoms with E-state index >= 15 is 0 Å². The molecule has 1 aliphatic rings. The van der Waals surface area contributed by atoms with Gasteiger partial charge in [0.05, 0.1) is 12.2 Å². The van der Waals surface area contributed by atoms with Gasteiger partial charge in [0.2, 0.25) is 5.91 Å². The van der Waals surface area contributed by atoms with Gasteiger partial charge in [-0.1, -0.05) is 39.2 Å². The third-order valence-corrected chi connectivity index (χ3v) is 3.82. The first-order chi connectivity index (χ1) is 9.16. The van der Waals surface area contributed by atoms with E-state index in [-0.39, 0.29) is 11.8 Å². The SMILES string of the molecule is CC(C)C(=O)NCc1cccc(C2CCCCC2)n1. The van der Waals surface area contributed by atoms with Gasteiger partial charge in [-0.15, -0.1) is 0 Å². The smallest absolute Gasteiger partial charge is 0.222 e. The normalized spacial score (nSPS) is 16.6. The molecule has 3 nitrogen and oxygen atoms in total. The van der Waals surface area contributed by atoms with E-state index in [1.165, 1.54) is 37.8 Å². The molecule has 1 saturated carbocycles. The maximum absolute atomic E-state index is 11.6. The van der Waals surface area contributed by atoms with Crippen LogP contribution in [0.25, 0.3) is 0 Å². The van der Waals surface area contributed by atoms with Crippen LogP contribution < -0.4 is 5.32 Å². The van der Waals surface area contributed by atoms with Crippen molar-refractivity contribution in [2.75, 3.05) is 0 Å². The van der Waals surface area contributed by atoms with Crippen molar-refractivity contribution < 1.29 is 4.79 Å². The molecule has 0 spiro atoms. The van der Waals surface area contributed by atoms with Crippen LogP contribution in [0.1, 0.15) is 63.3 Å². The lowest BCUT2D eigenvalue weighted by Crippen LogP contribution is -2.27. The molecule has 0 aromatic carbocycles. The van der Waals surface area contributed by atoms with Crippen LogP contribution in [0.4, 0.5) is 0 Å². The summed E-state index contributed by atoms with van der Waals surface area (Å²) in [5.41, 5.74) is 2.17. The van der Waals surface area contributed by atoms with Gasteiger partial charge in [0, 0.05) is 17.5 Å². The van der Waals surface area contributed by atoms with Crippen LogP contribution in [0.5, 0.6) is 0 Å². The molecule has 1 heterocycles. The van der Waals surface area contributed by atoms with Crippen molar-refractivity contribution in [3.05, 3.63) is 29.6 Å². The minimum Gasteiger partial charge on any atom is -0.350 e. The molecule has 19 heavy (non-hydrogen) atoms. The summed E-state index contributed by atoms with van der Waals surface area (Å²) in [4.78, 5) is 16.3. The number of pyridine rings is 1. The fraction of sp³-hybridized carbons (Fsp3) is 0.625. The summed E-state index contributed by atoms with van der Waals surface area (Å²) in [5.74, 6) is 0.737. The van der Waals surface area contributed by atoms with Crippen molar-refractivity contribution in [3.8, 4) is 0 Å². The number of hydrogen-bond donors (Lipinski definition) is 1. The number of hydrogen-bond acceptors (Lipinski definition) is 2. The Morgan fingerprint density at radius 1 is 1.32 bits per heavy atom. The van der Waals surface area contributed by atoms with Crippen molar-refractivity contribution in [1.29, 1.82) is 0 Å². The predicted molar refractivity (Wildman–Crippen MR) is 76.7 cm³/mol. The van der Waals surface area contributed by atoms with Crippen LogP contribution in [0.15, 0.2) is 18.2 Å². The lowest BCUT2D eigenvalue weighted by atomic mass is 9.86. The second-order valence-corrected chi connectivity index (χ2v) is 5.76. The van der Waals surface area contributed by atoms with E-state index in [0.29, 0.717) is 12.5 Å². The molecule has 1 aromatic rings. The summed E-state index contributed by atoms with van der Waals surface area (Å²) in [6.45, 7) is 4.35. The highest BCUT2D eigenvalue weighted by Crippen LogP contribution is 2.31. The molecule has 0 bridgehead atoms. The maximum atomic E-state index is 11.6. The molecule has 2 rings (SSSR count). The maximum Gasteiger partial charge on any atom is 0.222 e. The third kappa shape index (κ3) is 4.05. The second kappa shape index (κ2) is 6.69. The van der Waals surface area contributed by atoms with Gasteiger partial charge in [0.1, 0.15) is 0 Å². The van der Waals surface area contributed by atoms with Crippen molar-refractivity contribution >= 4 is 5.91 Å². The monoisotopic (exact) mass is 260 g/mol. The number of aromatic nitrogens is 1. The number of amides is 1. The average molecular weight is 260 g/mol. The summed E-state index contributed by atoms with van der Waals surface area (Å²) in [5, 5.41) is 2.93. The first kappa shape index (κ1) is 14.0. The lowest BCUT2D eigenvalue weighted by molar-refractivity contribution is -0.124. The quantitative estimate of drug-likeness (QED) is 0.901. The van der Waals surface area contributed by atoms with E-state index in [9.17, 15) is 4.79 Å². The first-order valence-corrected chi connectivity index (χ1v) is 7.40. The van der Waals surface area contributed by atoms with Crippen molar-refractivity contribution in [2.24, 2.45) is 5.92 Å². The van der Waals surface area contributed by atoms with Gasteiger partial charge in [-0.3, -0.25) is 9.78 Å². The van der Waals surface area contributed by atoms with E-state index in [2.05, 4.69) is 17.4 Å². The molecule has 3 heteroatoms. The Labute approximate surface area is 115 Å². The van der Waals surface area contributed by atoms with Crippen LogP contribution in [-0.4, -0.2) is 10.9 Å². The summed E-state index contributed by atoms with van der Waals surface area (Å²) in [6.07, 6.45) is 6.52. The van der Waals surface area contributed by atoms with Gasteiger partial charge in [0.25, 0.3) is 0 Å².